The van der Waals surface area contributed by atoms with Crippen molar-refractivity contribution in [1.82, 2.24) is 33.8 Å². The molecule has 0 aliphatic carbocycles. The lowest BCUT2D eigenvalue weighted by atomic mass is 9.88. The summed E-state index contributed by atoms with van der Waals surface area (Å²) in [7, 11) is 5.47. The molecule has 3 saturated heterocycles. The third-order valence-electron chi connectivity index (χ3n) is 8.70. The second kappa shape index (κ2) is 10.4. The van der Waals surface area contributed by atoms with E-state index in [1.54, 1.807) is 10.8 Å². The third-order valence-corrected chi connectivity index (χ3v) is 8.70. The number of piperidine rings is 1. The van der Waals surface area contributed by atoms with Crippen molar-refractivity contribution in [2.24, 2.45) is 7.05 Å². The number of anilines is 3. The van der Waals surface area contributed by atoms with Gasteiger partial charge in [0.1, 0.15) is 5.39 Å². The number of carbonyl (C=O) groups excluding carboxylic acids is 1. The van der Waals surface area contributed by atoms with Gasteiger partial charge in [0.2, 0.25) is 5.95 Å². The van der Waals surface area contributed by atoms with Gasteiger partial charge in [-0.15, -0.1) is 6.58 Å². The number of esters is 1. The summed E-state index contributed by atoms with van der Waals surface area (Å²) in [4.78, 5) is 44.5. The molecule has 0 spiro atoms. The van der Waals surface area contributed by atoms with Crippen molar-refractivity contribution in [3.8, 4) is 5.82 Å². The lowest BCUT2D eigenvalue weighted by Crippen LogP contribution is -2.67. The first-order valence-corrected chi connectivity index (χ1v) is 14.3. The molecule has 8 rings (SSSR count). The number of nitrogens with one attached hydrogen (secondary N) is 1. The Bertz CT molecular complexity index is 1930. The number of hydrogen-bond donors (Lipinski definition) is 1. The van der Waals surface area contributed by atoms with Crippen LogP contribution in [-0.4, -0.2) is 79.1 Å². The molecule has 12 heteroatoms. The number of carbonyl (C=O) groups is 1. The zero-order valence-electron chi connectivity index (χ0n) is 24.4. The first-order valence-electron chi connectivity index (χ1n) is 14.3. The molecule has 3 aliphatic heterocycles. The van der Waals surface area contributed by atoms with Gasteiger partial charge in [0.05, 0.1) is 31.1 Å². The van der Waals surface area contributed by atoms with Crippen LogP contribution in [0.1, 0.15) is 12.0 Å². The molecule has 3 aliphatic rings. The maximum atomic E-state index is 13.4. The van der Waals surface area contributed by atoms with E-state index < -0.39 is 0 Å². The number of pyridine rings is 1. The number of methoxy groups -OCH3 is 1. The fourth-order valence-electron chi connectivity index (χ4n) is 6.30. The molecule has 0 radical (unpaired) electrons. The molecule has 3 fully saturated rings. The normalized spacial score (nSPS) is 18.2. The number of likely N-dealkylation sites (N-methyl/N-ethyl adjacent to an activating group) is 1. The quantitative estimate of drug-likeness (QED) is 0.219. The highest BCUT2D eigenvalue weighted by Gasteiger charge is 2.42. The van der Waals surface area contributed by atoms with Gasteiger partial charge in [-0.25, -0.2) is 19.3 Å². The molecule has 1 N–H and O–H groups in total. The van der Waals surface area contributed by atoms with E-state index in [4.69, 9.17) is 14.7 Å². The number of nitrogens with zero attached hydrogens (tertiary/aromatic N) is 8. The average Bonchev–Trinajstić information content (AvgIpc) is 3.48. The van der Waals surface area contributed by atoms with Crippen LogP contribution in [0.3, 0.4) is 0 Å². The first kappa shape index (κ1) is 26.9. The van der Waals surface area contributed by atoms with Crippen molar-refractivity contribution >= 4 is 45.4 Å². The summed E-state index contributed by atoms with van der Waals surface area (Å²) in [5.74, 6) is 0.488. The lowest BCUT2D eigenvalue weighted by Gasteiger charge is -2.55. The zero-order valence-corrected chi connectivity index (χ0v) is 24.4. The minimum atomic E-state index is -0.355. The number of piperazine rings is 1. The monoisotopic (exact) mass is 579 g/mol. The molecule has 2 bridgehead atoms. The number of allylic oxidation sites excluding steroid dienone is 1. The molecule has 2 unspecified atom stereocenters. The van der Waals surface area contributed by atoms with E-state index in [0.29, 0.717) is 40.4 Å². The Morgan fingerprint density at radius 1 is 1.12 bits per heavy atom. The highest BCUT2D eigenvalue weighted by Crippen LogP contribution is 2.33. The van der Waals surface area contributed by atoms with Crippen LogP contribution in [0.15, 0.2) is 66.2 Å². The Hall–Kier alpha value is -4.97. The predicted molar refractivity (Wildman–Crippen MR) is 165 cm³/mol. The minimum Gasteiger partial charge on any atom is -0.469 e. The Morgan fingerprint density at radius 2 is 1.88 bits per heavy atom. The van der Waals surface area contributed by atoms with Gasteiger partial charge < -0.3 is 19.5 Å². The van der Waals surface area contributed by atoms with Crippen molar-refractivity contribution in [2.45, 2.75) is 31.5 Å². The molecule has 0 saturated carbocycles. The summed E-state index contributed by atoms with van der Waals surface area (Å²) in [6.45, 7) is 6.18. The highest BCUT2D eigenvalue weighted by molar-refractivity contribution is 5.86. The molecular formula is C31H33N9O3. The Morgan fingerprint density at radius 3 is 2.58 bits per heavy atom. The maximum absolute atomic E-state index is 13.4. The molecular weight excluding hydrogens is 546 g/mol. The summed E-state index contributed by atoms with van der Waals surface area (Å²) in [6, 6.07) is 13.3. The lowest BCUT2D eigenvalue weighted by molar-refractivity contribution is -0.139. The van der Waals surface area contributed by atoms with Crippen LogP contribution in [0.4, 0.5) is 17.3 Å². The van der Waals surface area contributed by atoms with Crippen LogP contribution in [-0.2, 0) is 29.5 Å². The Balaban J connectivity index is 1.24. The summed E-state index contributed by atoms with van der Waals surface area (Å²) in [5, 5.41) is 3.65. The summed E-state index contributed by atoms with van der Waals surface area (Å²) in [5.41, 5.74) is 4.44. The van der Waals surface area contributed by atoms with Crippen LogP contribution in [0, 0.1) is 0 Å². The molecule has 220 valence electrons. The van der Waals surface area contributed by atoms with Crippen LogP contribution in [0.5, 0.6) is 0 Å². The molecule has 5 aromatic rings. The molecule has 2 atom stereocenters. The van der Waals surface area contributed by atoms with Gasteiger partial charge >= 0.3 is 5.97 Å². The van der Waals surface area contributed by atoms with E-state index in [2.05, 4.69) is 45.9 Å². The summed E-state index contributed by atoms with van der Waals surface area (Å²) >= 11 is 0. The van der Waals surface area contributed by atoms with E-state index in [1.807, 2.05) is 42.1 Å². The molecule has 7 heterocycles. The van der Waals surface area contributed by atoms with Crippen molar-refractivity contribution in [1.29, 1.82) is 0 Å². The zero-order chi connectivity index (χ0) is 29.8. The van der Waals surface area contributed by atoms with Gasteiger partial charge in [-0.1, -0.05) is 6.08 Å². The molecule has 12 nitrogen and oxygen atoms in total. The standard InChI is InChI=1S/C31H33N9O3/c1-5-12-39-30(42)24-15-32-31(33-20-6-8-21(9-7-20)38-17-22-14-23(18-38)37(22)3)35-29(24)40(39)26-11-10-25-28(34-26)19(16-36(25)2)13-27(41)43-4/h5-11,15-16,22-23H,1,12-14,17-18H2,2-4H3,(H,32,33,35). The predicted octanol–water partition coefficient (Wildman–Crippen LogP) is 3.01. The van der Waals surface area contributed by atoms with Crippen LogP contribution >= 0.6 is 0 Å². The Kier molecular flexibility index (Phi) is 6.50. The Labute approximate surface area is 247 Å². The van der Waals surface area contributed by atoms with E-state index in [-0.39, 0.29) is 24.5 Å². The van der Waals surface area contributed by atoms with Gasteiger partial charge in [-0.05, 0) is 49.9 Å². The number of aromatic nitrogens is 6. The average molecular weight is 580 g/mol. The number of aryl methyl sites for hydroxylation is 1. The minimum absolute atomic E-state index is 0.0845. The SMILES string of the molecule is C=CCn1c(=O)c2cnc(Nc3ccc(N4CC5CC(C4)N5C)cc3)nc2n1-c1ccc2c(n1)c(CC(=O)OC)cn2C. The second-order valence-corrected chi connectivity index (χ2v) is 11.3. The fraction of sp³-hybridized carbons (Fsp3) is 0.323. The smallest absolute Gasteiger partial charge is 0.310 e. The number of fused-ring (bicyclic) bond motifs is 4. The van der Waals surface area contributed by atoms with Crippen LogP contribution in [0.25, 0.3) is 27.9 Å². The van der Waals surface area contributed by atoms with Crippen molar-refractivity contribution in [2.75, 3.05) is 37.5 Å². The summed E-state index contributed by atoms with van der Waals surface area (Å²) < 4.78 is 10.0. The maximum Gasteiger partial charge on any atom is 0.310 e. The molecule has 4 aromatic heterocycles. The van der Waals surface area contributed by atoms with E-state index in [0.717, 1.165) is 29.9 Å². The van der Waals surface area contributed by atoms with Gasteiger partial charge in [0.15, 0.2) is 11.5 Å². The number of rotatable bonds is 8. The topological polar surface area (TPSA) is 115 Å². The van der Waals surface area contributed by atoms with E-state index in [1.165, 1.54) is 30.1 Å². The third kappa shape index (κ3) is 4.54. The van der Waals surface area contributed by atoms with Crippen molar-refractivity contribution in [3.05, 3.63) is 77.4 Å². The van der Waals surface area contributed by atoms with Crippen molar-refractivity contribution < 1.29 is 9.53 Å². The molecule has 43 heavy (non-hydrogen) atoms. The largest absolute Gasteiger partial charge is 0.469 e. The number of hydrogen-bond acceptors (Lipinski definition) is 9. The second-order valence-electron chi connectivity index (χ2n) is 11.3. The van der Waals surface area contributed by atoms with Crippen LogP contribution < -0.4 is 15.8 Å². The van der Waals surface area contributed by atoms with E-state index >= 15 is 0 Å². The molecule has 1 aromatic carbocycles. The first-order chi connectivity index (χ1) is 20.8. The van der Waals surface area contributed by atoms with E-state index in [9.17, 15) is 9.59 Å². The van der Waals surface area contributed by atoms with Gasteiger partial charge in [0.25, 0.3) is 5.56 Å². The summed E-state index contributed by atoms with van der Waals surface area (Å²) in [6.07, 6.45) is 6.43. The number of ether oxygens (including phenoxy) is 1. The highest BCUT2D eigenvalue weighted by atomic mass is 16.5. The van der Waals surface area contributed by atoms with Gasteiger partial charge in [0, 0.05) is 61.6 Å². The van der Waals surface area contributed by atoms with Crippen molar-refractivity contribution in [3.63, 3.8) is 0 Å². The van der Waals surface area contributed by atoms with Gasteiger partial charge in [-0.2, -0.15) is 4.98 Å². The van der Waals surface area contributed by atoms with Crippen LogP contribution in [0.2, 0.25) is 0 Å². The fourth-order valence-corrected chi connectivity index (χ4v) is 6.30. The number of benzene rings is 1. The van der Waals surface area contributed by atoms with Gasteiger partial charge in [-0.3, -0.25) is 14.5 Å². The molecule has 0 amide bonds.